The van der Waals surface area contributed by atoms with Crippen LogP contribution in [0.25, 0.3) is 27.3 Å². The van der Waals surface area contributed by atoms with Gasteiger partial charge in [-0.1, -0.05) is 0 Å². The topological polar surface area (TPSA) is 95.9 Å². The Kier molecular flexibility index (Phi) is 4.86. The van der Waals surface area contributed by atoms with Crippen LogP contribution in [0.3, 0.4) is 0 Å². The highest BCUT2D eigenvalue weighted by Crippen LogP contribution is 2.31. The van der Waals surface area contributed by atoms with Crippen molar-refractivity contribution in [3.8, 4) is 27.4 Å². The van der Waals surface area contributed by atoms with Gasteiger partial charge in [0, 0.05) is 18.0 Å². The third kappa shape index (κ3) is 3.87. The number of benzene rings is 1. The van der Waals surface area contributed by atoms with Crippen LogP contribution in [-0.2, 0) is 6.54 Å². The molecule has 5 aromatic rings. The average Bonchev–Trinajstić information content (AvgIpc) is 3.50. The minimum Gasteiger partial charge on any atom is -0.486 e. The zero-order chi connectivity index (χ0) is 21.4. The second-order valence-electron chi connectivity index (χ2n) is 6.99. The number of halogens is 1. The van der Waals surface area contributed by atoms with E-state index in [0.717, 1.165) is 21.0 Å². The third-order valence-corrected chi connectivity index (χ3v) is 5.59. The molecule has 9 nitrogen and oxygen atoms in total. The van der Waals surface area contributed by atoms with E-state index < -0.39 is 5.82 Å². The van der Waals surface area contributed by atoms with Gasteiger partial charge in [0.1, 0.15) is 12.4 Å². The molecule has 156 valence electrons. The monoisotopic (exact) mass is 436 g/mol. The molecule has 0 aliphatic heterocycles. The Balaban J connectivity index is 1.46. The van der Waals surface area contributed by atoms with Crippen molar-refractivity contribution < 1.29 is 9.13 Å². The smallest absolute Gasteiger partial charge is 0.165 e. The van der Waals surface area contributed by atoms with Crippen molar-refractivity contribution >= 4 is 17.0 Å². The van der Waals surface area contributed by atoms with Crippen LogP contribution in [0.4, 0.5) is 4.39 Å². The number of aryl methyl sites for hydroxylation is 1. The highest BCUT2D eigenvalue weighted by Gasteiger charge is 2.15. The molecule has 31 heavy (non-hydrogen) atoms. The Labute approximate surface area is 180 Å². The predicted molar refractivity (Wildman–Crippen MR) is 112 cm³/mol. The molecule has 0 bridgehead atoms. The number of ether oxygens (including phenoxy) is 1. The summed E-state index contributed by atoms with van der Waals surface area (Å²) in [6.07, 6.45) is 6.58. The van der Waals surface area contributed by atoms with Crippen molar-refractivity contribution in [2.24, 2.45) is 0 Å². The molecule has 0 radical (unpaired) electrons. The lowest BCUT2D eigenvalue weighted by Crippen LogP contribution is -2.20. The van der Waals surface area contributed by atoms with E-state index >= 15 is 0 Å². The van der Waals surface area contributed by atoms with Crippen LogP contribution in [-0.4, -0.2) is 45.9 Å². The molecule has 4 aromatic heterocycles. The molecule has 0 amide bonds. The second-order valence-corrected chi connectivity index (χ2v) is 8.22. The van der Waals surface area contributed by atoms with Gasteiger partial charge in [0.25, 0.3) is 0 Å². The van der Waals surface area contributed by atoms with Crippen LogP contribution in [0.5, 0.6) is 5.75 Å². The molecule has 1 aromatic carbocycles. The molecule has 0 aliphatic carbocycles. The minimum atomic E-state index is -0.446. The molecule has 0 fully saturated rings. The van der Waals surface area contributed by atoms with E-state index in [1.807, 2.05) is 32.3 Å². The normalized spacial score (nSPS) is 12.4. The van der Waals surface area contributed by atoms with Crippen LogP contribution >= 0.6 is 11.3 Å². The van der Waals surface area contributed by atoms with E-state index in [2.05, 4.69) is 25.6 Å². The summed E-state index contributed by atoms with van der Waals surface area (Å²) in [5, 5.41) is 16.3. The van der Waals surface area contributed by atoms with Gasteiger partial charge < -0.3 is 4.74 Å². The molecule has 0 saturated heterocycles. The van der Waals surface area contributed by atoms with Crippen LogP contribution < -0.4 is 4.74 Å². The van der Waals surface area contributed by atoms with Gasteiger partial charge in [-0.2, -0.15) is 5.10 Å². The summed E-state index contributed by atoms with van der Waals surface area (Å²) in [6.45, 7) is 4.18. The fourth-order valence-electron chi connectivity index (χ4n) is 3.22. The number of thiazole rings is 1. The Hall–Kier alpha value is -3.73. The molecular formula is C20H17FN8OS. The summed E-state index contributed by atoms with van der Waals surface area (Å²) < 4.78 is 23.5. The zero-order valence-corrected chi connectivity index (χ0v) is 17.5. The molecular weight excluding hydrogens is 419 g/mol. The first-order chi connectivity index (χ1) is 15.1. The molecule has 5 rings (SSSR count). The number of aromatic nitrogens is 8. The summed E-state index contributed by atoms with van der Waals surface area (Å²) in [4.78, 5) is 10.1. The van der Waals surface area contributed by atoms with Crippen LogP contribution in [0.1, 0.15) is 11.9 Å². The van der Waals surface area contributed by atoms with E-state index in [-0.39, 0.29) is 11.9 Å². The number of rotatable bonds is 6. The molecule has 4 heterocycles. The van der Waals surface area contributed by atoms with E-state index in [1.165, 1.54) is 17.1 Å². The van der Waals surface area contributed by atoms with E-state index in [0.29, 0.717) is 17.9 Å². The maximum Gasteiger partial charge on any atom is 0.165 e. The van der Waals surface area contributed by atoms with Crippen LogP contribution in [0.2, 0.25) is 0 Å². The van der Waals surface area contributed by atoms with Crippen molar-refractivity contribution in [3.05, 3.63) is 60.0 Å². The highest BCUT2D eigenvalue weighted by atomic mass is 32.1. The fraction of sp³-hybridized carbons (Fsp3) is 0.200. The van der Waals surface area contributed by atoms with Gasteiger partial charge in [-0.3, -0.25) is 0 Å². The van der Waals surface area contributed by atoms with Crippen LogP contribution in [0.15, 0.2) is 49.2 Å². The number of fused-ring (bicyclic) bond motifs is 1. The van der Waals surface area contributed by atoms with Crippen molar-refractivity contribution in [1.82, 2.24) is 39.8 Å². The van der Waals surface area contributed by atoms with Crippen molar-refractivity contribution in [1.29, 1.82) is 0 Å². The van der Waals surface area contributed by atoms with Crippen molar-refractivity contribution in [2.45, 2.75) is 26.5 Å². The third-order valence-electron chi connectivity index (χ3n) is 4.65. The second kappa shape index (κ2) is 7.84. The first kappa shape index (κ1) is 19.2. The Morgan fingerprint density at radius 2 is 2.13 bits per heavy atom. The largest absolute Gasteiger partial charge is 0.486 e. The van der Waals surface area contributed by atoms with Gasteiger partial charge in [0.2, 0.25) is 0 Å². The van der Waals surface area contributed by atoms with E-state index in [1.54, 1.807) is 34.2 Å². The maximum absolute atomic E-state index is 14.4. The van der Waals surface area contributed by atoms with E-state index in [4.69, 9.17) is 9.72 Å². The molecule has 0 aliphatic rings. The lowest BCUT2D eigenvalue weighted by atomic mass is 10.1. The first-order valence-electron chi connectivity index (χ1n) is 9.51. The maximum atomic E-state index is 14.4. The zero-order valence-electron chi connectivity index (χ0n) is 16.7. The number of hydrogen-bond donors (Lipinski definition) is 0. The van der Waals surface area contributed by atoms with Crippen molar-refractivity contribution in [3.63, 3.8) is 0 Å². The summed E-state index contributed by atoms with van der Waals surface area (Å²) in [6, 6.07) is 6.55. The first-order valence-corrected chi connectivity index (χ1v) is 10.3. The minimum absolute atomic E-state index is 0.145. The average molecular weight is 436 g/mol. The molecule has 11 heteroatoms. The van der Waals surface area contributed by atoms with Gasteiger partial charge in [0.05, 0.1) is 33.9 Å². The number of tetrazole rings is 1. The van der Waals surface area contributed by atoms with E-state index in [9.17, 15) is 4.39 Å². The number of nitrogens with zero attached hydrogens (tertiary/aromatic N) is 8. The highest BCUT2D eigenvalue weighted by molar-refractivity contribution is 7.15. The molecule has 0 saturated carbocycles. The Bertz CT molecular complexity index is 1350. The quantitative estimate of drug-likeness (QED) is 0.402. The number of hydrogen-bond acceptors (Lipinski definition) is 8. The molecule has 0 spiro atoms. The van der Waals surface area contributed by atoms with Gasteiger partial charge in [0.15, 0.2) is 17.2 Å². The molecule has 0 unspecified atom stereocenters. The summed E-state index contributed by atoms with van der Waals surface area (Å²) in [7, 11) is 0. The summed E-state index contributed by atoms with van der Waals surface area (Å²) >= 11 is 1.58. The van der Waals surface area contributed by atoms with Gasteiger partial charge in [-0.25, -0.2) is 23.6 Å². The fourth-order valence-corrected chi connectivity index (χ4v) is 4.01. The van der Waals surface area contributed by atoms with Gasteiger partial charge in [-0.05, 0) is 48.5 Å². The molecule has 0 N–H and O–H groups in total. The van der Waals surface area contributed by atoms with Crippen molar-refractivity contribution in [2.75, 3.05) is 0 Å². The SMILES string of the molecule is Cc1ncc(-c2cnn3ccc(-c4ccc(F)c(O[C@@H](C)Cn5cnnn5)c4)nc23)s1. The van der Waals surface area contributed by atoms with Gasteiger partial charge >= 0.3 is 0 Å². The Morgan fingerprint density at radius 3 is 2.90 bits per heavy atom. The standard InChI is InChI=1S/C20H17FN8OS/c1-12(10-28-11-23-26-27-28)30-18-7-14(3-4-16(18)21)17-5-6-29-20(25-17)15(8-24-29)19-9-22-13(2)31-19/h3-9,11-12H,10H2,1-2H3/t12-/m0/s1. The lowest BCUT2D eigenvalue weighted by Gasteiger charge is -2.15. The molecule has 1 atom stereocenters. The van der Waals surface area contributed by atoms with Crippen LogP contribution in [0, 0.1) is 12.7 Å². The summed E-state index contributed by atoms with van der Waals surface area (Å²) in [5.74, 6) is -0.301. The predicted octanol–water partition coefficient (Wildman–Crippen LogP) is 3.42. The summed E-state index contributed by atoms with van der Waals surface area (Å²) in [5.41, 5.74) is 3.04. The lowest BCUT2D eigenvalue weighted by molar-refractivity contribution is 0.185. The van der Waals surface area contributed by atoms with Gasteiger partial charge in [-0.15, -0.1) is 16.4 Å². The Morgan fingerprint density at radius 1 is 1.23 bits per heavy atom.